The molecular weight excluding hydrogens is 295 g/mol. The highest BCUT2D eigenvalue weighted by molar-refractivity contribution is 6.28. The second-order valence-corrected chi connectivity index (χ2v) is 5.30. The van der Waals surface area contributed by atoms with Crippen molar-refractivity contribution in [1.82, 2.24) is 9.97 Å². The maximum atomic E-state index is 12.6. The number of aliphatic hydroxyl groups excluding tert-OH is 1. The van der Waals surface area contributed by atoms with Gasteiger partial charge >= 0.3 is 6.18 Å². The average molecular weight is 310 g/mol. The molecule has 0 unspecified atom stereocenters. The lowest BCUT2D eigenvalue weighted by Gasteiger charge is -2.25. The van der Waals surface area contributed by atoms with Gasteiger partial charge in [0.25, 0.3) is 0 Å². The predicted octanol–water partition coefficient (Wildman–Crippen LogP) is 3.11. The maximum Gasteiger partial charge on any atom is 0.433 e. The van der Waals surface area contributed by atoms with Crippen molar-refractivity contribution in [1.29, 1.82) is 0 Å². The van der Waals surface area contributed by atoms with Gasteiger partial charge in [0.1, 0.15) is 5.82 Å². The highest BCUT2D eigenvalue weighted by atomic mass is 35.5. The van der Waals surface area contributed by atoms with Crippen LogP contribution in [-0.2, 0) is 6.18 Å². The molecule has 1 aliphatic rings. The lowest BCUT2D eigenvalue weighted by atomic mass is 9.87. The summed E-state index contributed by atoms with van der Waals surface area (Å²) in [5.41, 5.74) is -1.06. The van der Waals surface area contributed by atoms with Crippen molar-refractivity contribution in [2.45, 2.75) is 38.0 Å². The molecule has 1 saturated carbocycles. The Kier molecular flexibility index (Phi) is 4.70. The first kappa shape index (κ1) is 15.3. The summed E-state index contributed by atoms with van der Waals surface area (Å²) in [5, 5.41) is 11.8. The molecule has 2 N–H and O–H groups in total. The van der Waals surface area contributed by atoms with Gasteiger partial charge in [-0.25, -0.2) is 9.97 Å². The molecule has 8 heteroatoms. The van der Waals surface area contributed by atoms with Crippen molar-refractivity contribution in [2.24, 2.45) is 5.92 Å². The van der Waals surface area contributed by atoms with E-state index in [2.05, 4.69) is 15.3 Å². The summed E-state index contributed by atoms with van der Waals surface area (Å²) in [7, 11) is 0. The van der Waals surface area contributed by atoms with Gasteiger partial charge < -0.3 is 10.4 Å². The molecule has 1 aromatic rings. The van der Waals surface area contributed by atoms with E-state index in [4.69, 9.17) is 11.6 Å². The highest BCUT2D eigenvalue weighted by Gasteiger charge is 2.33. The first-order valence-electron chi connectivity index (χ1n) is 6.38. The highest BCUT2D eigenvalue weighted by Crippen LogP contribution is 2.30. The monoisotopic (exact) mass is 309 g/mol. The Hall–Kier alpha value is -1.08. The van der Waals surface area contributed by atoms with E-state index in [-0.39, 0.29) is 11.9 Å². The number of anilines is 1. The van der Waals surface area contributed by atoms with E-state index < -0.39 is 17.2 Å². The first-order chi connectivity index (χ1) is 9.34. The molecule has 1 aliphatic carbocycles. The summed E-state index contributed by atoms with van der Waals surface area (Å²) >= 11 is 5.50. The lowest BCUT2D eigenvalue weighted by molar-refractivity contribution is -0.141. The number of aliphatic hydroxyl groups is 1. The van der Waals surface area contributed by atoms with Gasteiger partial charge in [-0.2, -0.15) is 13.2 Å². The van der Waals surface area contributed by atoms with Crippen LogP contribution in [0.5, 0.6) is 0 Å². The maximum absolute atomic E-state index is 12.6. The van der Waals surface area contributed by atoms with Gasteiger partial charge in [0.2, 0.25) is 5.28 Å². The Labute approximate surface area is 119 Å². The molecule has 4 nitrogen and oxygen atoms in total. The molecule has 0 atom stereocenters. The average Bonchev–Trinajstić information content (AvgIpc) is 2.36. The van der Waals surface area contributed by atoms with Crippen LogP contribution in [0.15, 0.2) is 6.07 Å². The second kappa shape index (κ2) is 6.13. The third-order valence-electron chi connectivity index (χ3n) is 3.38. The molecule has 2 rings (SSSR count). The van der Waals surface area contributed by atoms with E-state index in [0.717, 1.165) is 31.7 Å². The van der Waals surface area contributed by atoms with Crippen LogP contribution in [-0.4, -0.2) is 27.7 Å². The Balaban J connectivity index is 1.97. The van der Waals surface area contributed by atoms with E-state index in [0.29, 0.717) is 12.5 Å². The third-order valence-corrected chi connectivity index (χ3v) is 3.55. The van der Waals surface area contributed by atoms with Crippen molar-refractivity contribution in [3.05, 3.63) is 17.0 Å². The Morgan fingerprint density at radius 2 is 1.90 bits per heavy atom. The minimum Gasteiger partial charge on any atom is -0.393 e. The Morgan fingerprint density at radius 3 is 2.50 bits per heavy atom. The minimum atomic E-state index is -4.54. The van der Waals surface area contributed by atoms with Crippen LogP contribution in [0.4, 0.5) is 19.0 Å². The quantitative estimate of drug-likeness (QED) is 0.842. The summed E-state index contributed by atoms with van der Waals surface area (Å²) in [4.78, 5) is 6.91. The summed E-state index contributed by atoms with van der Waals surface area (Å²) < 4.78 is 37.7. The smallest absolute Gasteiger partial charge is 0.393 e. The summed E-state index contributed by atoms with van der Waals surface area (Å²) in [6.07, 6.45) is -1.65. The van der Waals surface area contributed by atoms with E-state index in [1.807, 2.05) is 0 Å². The summed E-state index contributed by atoms with van der Waals surface area (Å²) in [5.74, 6) is 0.393. The largest absolute Gasteiger partial charge is 0.433 e. The number of aromatic nitrogens is 2. The fourth-order valence-electron chi connectivity index (χ4n) is 2.25. The van der Waals surface area contributed by atoms with Crippen molar-refractivity contribution in [3.63, 3.8) is 0 Å². The molecule has 20 heavy (non-hydrogen) atoms. The van der Waals surface area contributed by atoms with Gasteiger partial charge in [-0.3, -0.25) is 0 Å². The number of halogens is 4. The number of hydrogen-bond donors (Lipinski definition) is 2. The van der Waals surface area contributed by atoms with Gasteiger partial charge in [-0.1, -0.05) is 0 Å². The van der Waals surface area contributed by atoms with Crippen LogP contribution < -0.4 is 5.32 Å². The Morgan fingerprint density at radius 1 is 1.25 bits per heavy atom. The number of alkyl halides is 3. The second-order valence-electron chi connectivity index (χ2n) is 4.96. The standard InChI is InChI=1S/C12H15ClF3N3O/c13-11-18-9(12(14,15)16)5-10(19-11)17-6-7-1-3-8(20)4-2-7/h5,7-8,20H,1-4,6H2,(H,17,18,19). The van der Waals surface area contributed by atoms with Crippen LogP contribution >= 0.6 is 11.6 Å². The molecular formula is C12H15ClF3N3O. The summed E-state index contributed by atoms with van der Waals surface area (Å²) in [6.45, 7) is 0.511. The molecule has 1 heterocycles. The zero-order chi connectivity index (χ0) is 14.8. The van der Waals surface area contributed by atoms with E-state index in [9.17, 15) is 18.3 Å². The number of nitrogens with one attached hydrogen (secondary N) is 1. The Bertz CT molecular complexity index is 462. The predicted molar refractivity (Wildman–Crippen MR) is 68.5 cm³/mol. The lowest BCUT2D eigenvalue weighted by Crippen LogP contribution is -2.24. The minimum absolute atomic E-state index is 0.0726. The van der Waals surface area contributed by atoms with Crippen LogP contribution in [0.3, 0.4) is 0 Å². The molecule has 0 radical (unpaired) electrons. The van der Waals surface area contributed by atoms with Gasteiger partial charge in [0.05, 0.1) is 6.10 Å². The molecule has 1 fully saturated rings. The van der Waals surface area contributed by atoms with Gasteiger partial charge in [0.15, 0.2) is 5.69 Å². The van der Waals surface area contributed by atoms with Crippen LogP contribution in [0, 0.1) is 5.92 Å². The van der Waals surface area contributed by atoms with Crippen molar-refractivity contribution in [2.75, 3.05) is 11.9 Å². The zero-order valence-electron chi connectivity index (χ0n) is 10.6. The van der Waals surface area contributed by atoms with Crippen molar-refractivity contribution in [3.8, 4) is 0 Å². The first-order valence-corrected chi connectivity index (χ1v) is 6.76. The van der Waals surface area contributed by atoms with E-state index in [1.165, 1.54) is 0 Å². The van der Waals surface area contributed by atoms with Crippen LogP contribution in [0.1, 0.15) is 31.4 Å². The molecule has 0 aromatic carbocycles. The zero-order valence-corrected chi connectivity index (χ0v) is 11.4. The molecule has 0 aliphatic heterocycles. The van der Waals surface area contributed by atoms with Crippen LogP contribution in [0.2, 0.25) is 5.28 Å². The van der Waals surface area contributed by atoms with Crippen LogP contribution in [0.25, 0.3) is 0 Å². The molecule has 0 saturated heterocycles. The number of rotatable bonds is 3. The van der Waals surface area contributed by atoms with Crippen molar-refractivity contribution < 1.29 is 18.3 Å². The van der Waals surface area contributed by atoms with E-state index >= 15 is 0 Å². The number of hydrogen-bond acceptors (Lipinski definition) is 4. The van der Waals surface area contributed by atoms with Gasteiger partial charge in [-0.15, -0.1) is 0 Å². The topological polar surface area (TPSA) is 58.0 Å². The van der Waals surface area contributed by atoms with E-state index in [1.54, 1.807) is 0 Å². The molecule has 0 spiro atoms. The van der Waals surface area contributed by atoms with Crippen molar-refractivity contribution >= 4 is 17.4 Å². The normalized spacial score (nSPS) is 23.6. The van der Waals surface area contributed by atoms with Gasteiger partial charge in [0, 0.05) is 12.6 Å². The molecule has 0 amide bonds. The SMILES string of the molecule is OC1CCC(CNc2cc(C(F)(F)F)nc(Cl)n2)CC1. The number of nitrogens with zero attached hydrogens (tertiary/aromatic N) is 2. The molecule has 1 aromatic heterocycles. The summed E-state index contributed by atoms with van der Waals surface area (Å²) in [6, 6.07) is 0.851. The van der Waals surface area contributed by atoms with Gasteiger partial charge in [-0.05, 0) is 43.2 Å². The third kappa shape index (κ3) is 4.21. The fourth-order valence-corrected chi connectivity index (χ4v) is 2.43. The fraction of sp³-hybridized carbons (Fsp3) is 0.667. The molecule has 0 bridgehead atoms. The molecule has 112 valence electrons.